The topological polar surface area (TPSA) is 43.1 Å². The Morgan fingerprint density at radius 2 is 2.09 bits per heavy atom. The van der Waals surface area contributed by atoms with E-state index >= 15 is 0 Å². The van der Waals surface area contributed by atoms with E-state index < -0.39 is 4.92 Å². The smallest absolute Gasteiger partial charge is 0.258 e. The van der Waals surface area contributed by atoms with Gasteiger partial charge in [-0.15, -0.1) is 0 Å². The number of nitrogens with zero attached hydrogens (tertiary/aromatic N) is 1. The summed E-state index contributed by atoms with van der Waals surface area (Å²) in [5.41, 5.74) is 0.639. The first-order valence-electron chi connectivity index (χ1n) is 2.83. The van der Waals surface area contributed by atoms with Crippen molar-refractivity contribution in [2.45, 2.75) is 0 Å². The number of alkyl halides is 1. The SMILES string of the molecule is C=C(/C=C\C(=C)[N+](=O)[O-])CBr. The van der Waals surface area contributed by atoms with E-state index in [1.165, 1.54) is 6.08 Å². The van der Waals surface area contributed by atoms with Crippen LogP contribution in [0, 0.1) is 10.1 Å². The van der Waals surface area contributed by atoms with E-state index in [0.29, 0.717) is 5.33 Å². The van der Waals surface area contributed by atoms with E-state index in [1.807, 2.05) is 0 Å². The molecular weight excluding hydrogens is 210 g/mol. The lowest BCUT2D eigenvalue weighted by Crippen LogP contribution is -1.92. The fraction of sp³-hybridized carbons (Fsp3) is 0.143. The zero-order valence-corrected chi connectivity index (χ0v) is 7.50. The molecule has 0 heterocycles. The molecule has 3 nitrogen and oxygen atoms in total. The monoisotopic (exact) mass is 217 g/mol. The van der Waals surface area contributed by atoms with Gasteiger partial charge in [-0.2, -0.15) is 0 Å². The summed E-state index contributed by atoms with van der Waals surface area (Å²) in [5, 5.41) is 10.6. The van der Waals surface area contributed by atoms with Crippen LogP contribution in [0.2, 0.25) is 0 Å². The maximum Gasteiger partial charge on any atom is 0.262 e. The van der Waals surface area contributed by atoms with Gasteiger partial charge in [0.15, 0.2) is 0 Å². The first kappa shape index (κ1) is 10.1. The molecule has 0 N–H and O–H groups in total. The molecule has 0 saturated carbocycles. The number of hydrogen-bond acceptors (Lipinski definition) is 2. The number of hydrogen-bond donors (Lipinski definition) is 0. The molecule has 0 fully saturated rings. The number of nitro groups is 1. The summed E-state index contributed by atoms with van der Waals surface area (Å²) in [6.07, 6.45) is 2.88. The van der Waals surface area contributed by atoms with Crippen molar-refractivity contribution in [1.29, 1.82) is 0 Å². The molecule has 0 rings (SSSR count). The van der Waals surface area contributed by atoms with E-state index in [4.69, 9.17) is 0 Å². The summed E-state index contributed by atoms with van der Waals surface area (Å²) in [5.74, 6) is 0. The maximum absolute atomic E-state index is 10.0. The minimum absolute atomic E-state index is 0.132. The molecule has 0 aromatic heterocycles. The molecule has 0 atom stereocenters. The molecule has 0 aliphatic carbocycles. The van der Waals surface area contributed by atoms with E-state index in [-0.39, 0.29) is 5.70 Å². The summed E-state index contributed by atoms with van der Waals surface area (Å²) >= 11 is 3.15. The first-order chi connectivity index (χ1) is 5.07. The predicted octanol–water partition coefficient (Wildman–Crippen LogP) is 2.28. The Hall–Kier alpha value is -0.900. The van der Waals surface area contributed by atoms with Crippen LogP contribution in [0.4, 0.5) is 0 Å². The molecule has 60 valence electrons. The van der Waals surface area contributed by atoms with Crippen molar-refractivity contribution >= 4 is 15.9 Å². The molecule has 0 saturated heterocycles. The Labute approximate surface area is 73.4 Å². The van der Waals surface area contributed by atoms with Crippen molar-refractivity contribution in [2.75, 3.05) is 5.33 Å². The molecule has 0 bridgehead atoms. The minimum atomic E-state index is -0.544. The Morgan fingerprint density at radius 3 is 2.45 bits per heavy atom. The van der Waals surface area contributed by atoms with Crippen LogP contribution in [-0.4, -0.2) is 10.3 Å². The zero-order chi connectivity index (χ0) is 8.85. The second kappa shape index (κ2) is 4.85. The van der Waals surface area contributed by atoms with Crippen LogP contribution in [0.25, 0.3) is 0 Å². The molecule has 11 heavy (non-hydrogen) atoms. The van der Waals surface area contributed by atoms with Crippen LogP contribution in [0.3, 0.4) is 0 Å². The third kappa shape index (κ3) is 4.50. The summed E-state index contributed by atoms with van der Waals surface area (Å²) in [4.78, 5) is 9.47. The fourth-order valence-corrected chi connectivity index (χ4v) is 0.506. The fourth-order valence-electron chi connectivity index (χ4n) is 0.319. The highest BCUT2D eigenvalue weighted by molar-refractivity contribution is 9.09. The van der Waals surface area contributed by atoms with Gasteiger partial charge in [-0.05, 0) is 12.2 Å². The second-order valence-corrected chi connectivity index (χ2v) is 2.43. The molecule has 0 spiro atoms. The van der Waals surface area contributed by atoms with Crippen LogP contribution in [0.5, 0.6) is 0 Å². The lowest BCUT2D eigenvalue weighted by atomic mass is 10.3. The largest absolute Gasteiger partial charge is 0.262 e. The summed E-state index contributed by atoms with van der Waals surface area (Å²) in [7, 11) is 0. The van der Waals surface area contributed by atoms with Crippen LogP contribution < -0.4 is 0 Å². The van der Waals surface area contributed by atoms with E-state index in [1.54, 1.807) is 6.08 Å². The standard InChI is InChI=1S/C7H8BrNO2/c1-6(5-8)3-4-7(2)9(10)11/h3-4H,1-2,5H2/b4-3-. The third-order valence-corrected chi connectivity index (χ3v) is 1.64. The average molecular weight is 218 g/mol. The van der Waals surface area contributed by atoms with Gasteiger partial charge in [-0.1, -0.05) is 28.6 Å². The zero-order valence-electron chi connectivity index (χ0n) is 5.92. The van der Waals surface area contributed by atoms with Gasteiger partial charge in [0.25, 0.3) is 5.70 Å². The molecule has 0 amide bonds. The van der Waals surface area contributed by atoms with E-state index in [9.17, 15) is 10.1 Å². The number of allylic oxidation sites excluding steroid dienone is 3. The van der Waals surface area contributed by atoms with Gasteiger partial charge < -0.3 is 0 Å². The first-order valence-corrected chi connectivity index (χ1v) is 3.95. The van der Waals surface area contributed by atoms with Gasteiger partial charge >= 0.3 is 0 Å². The van der Waals surface area contributed by atoms with Crippen LogP contribution >= 0.6 is 15.9 Å². The highest BCUT2D eigenvalue weighted by Gasteiger charge is 1.98. The number of rotatable bonds is 4. The van der Waals surface area contributed by atoms with Gasteiger partial charge in [0.2, 0.25) is 0 Å². The molecule has 0 aromatic rings. The van der Waals surface area contributed by atoms with Crippen LogP contribution in [0.15, 0.2) is 36.6 Å². The van der Waals surface area contributed by atoms with E-state index in [2.05, 4.69) is 29.1 Å². The molecule has 0 aliphatic rings. The van der Waals surface area contributed by atoms with Gasteiger partial charge in [0, 0.05) is 11.4 Å². The predicted molar refractivity (Wildman–Crippen MR) is 48.2 cm³/mol. The van der Waals surface area contributed by atoms with E-state index in [0.717, 1.165) is 5.57 Å². The third-order valence-electron chi connectivity index (χ3n) is 0.918. The van der Waals surface area contributed by atoms with Crippen molar-refractivity contribution in [1.82, 2.24) is 0 Å². The summed E-state index contributed by atoms with van der Waals surface area (Å²) in [6.45, 7) is 6.83. The normalized spacial score (nSPS) is 9.91. The molecule has 0 unspecified atom stereocenters. The Morgan fingerprint density at radius 1 is 1.55 bits per heavy atom. The lowest BCUT2D eigenvalue weighted by molar-refractivity contribution is -0.418. The van der Waals surface area contributed by atoms with Crippen LogP contribution in [0.1, 0.15) is 0 Å². The summed E-state index contributed by atoms with van der Waals surface area (Å²) in [6, 6.07) is 0. The molecular formula is C7H8BrNO2. The van der Waals surface area contributed by atoms with Gasteiger partial charge in [-0.25, -0.2) is 0 Å². The lowest BCUT2D eigenvalue weighted by Gasteiger charge is -1.89. The quantitative estimate of drug-likeness (QED) is 0.314. The maximum atomic E-state index is 10.0. The van der Waals surface area contributed by atoms with Gasteiger partial charge in [-0.3, -0.25) is 10.1 Å². The Balaban J connectivity index is 4.04. The van der Waals surface area contributed by atoms with Crippen molar-refractivity contribution in [2.24, 2.45) is 0 Å². The van der Waals surface area contributed by atoms with Crippen molar-refractivity contribution in [3.8, 4) is 0 Å². The Bertz CT molecular complexity index is 220. The minimum Gasteiger partial charge on any atom is -0.258 e. The molecule has 0 radical (unpaired) electrons. The van der Waals surface area contributed by atoms with Crippen LogP contribution in [-0.2, 0) is 0 Å². The van der Waals surface area contributed by atoms with Gasteiger partial charge in [0.1, 0.15) is 0 Å². The Kier molecular flexibility index (Phi) is 4.45. The second-order valence-electron chi connectivity index (χ2n) is 1.87. The average Bonchev–Trinajstić information content (AvgIpc) is 1.99. The van der Waals surface area contributed by atoms with Crippen molar-refractivity contribution in [3.63, 3.8) is 0 Å². The number of halogens is 1. The molecule has 0 aliphatic heterocycles. The highest BCUT2D eigenvalue weighted by Crippen LogP contribution is 2.01. The van der Waals surface area contributed by atoms with Gasteiger partial charge in [0.05, 0.1) is 4.92 Å². The van der Waals surface area contributed by atoms with Crippen molar-refractivity contribution < 1.29 is 4.92 Å². The summed E-state index contributed by atoms with van der Waals surface area (Å²) < 4.78 is 0. The highest BCUT2D eigenvalue weighted by atomic mass is 79.9. The molecule has 4 heteroatoms. The van der Waals surface area contributed by atoms with Crippen molar-refractivity contribution in [3.05, 3.63) is 46.7 Å². The molecule has 0 aromatic carbocycles.